The Bertz CT molecular complexity index is 1090. The van der Waals surface area contributed by atoms with Crippen molar-refractivity contribution in [1.82, 2.24) is 4.98 Å². The molecule has 1 N–H and O–H groups in total. The van der Waals surface area contributed by atoms with Crippen LogP contribution in [0.1, 0.15) is 48.1 Å². The average molecular weight is 385 g/mol. The van der Waals surface area contributed by atoms with Crippen LogP contribution in [0, 0.1) is 13.8 Å². The Labute approximate surface area is 172 Å². The van der Waals surface area contributed by atoms with E-state index in [1.165, 1.54) is 27.7 Å². The molecule has 0 atom stereocenters. The number of aryl methyl sites for hydroxylation is 3. The van der Waals surface area contributed by atoms with Crippen molar-refractivity contribution < 1.29 is 4.79 Å². The van der Waals surface area contributed by atoms with Gasteiger partial charge in [-0.1, -0.05) is 54.6 Å². The van der Waals surface area contributed by atoms with Crippen molar-refractivity contribution in [1.29, 1.82) is 0 Å². The molecule has 0 aliphatic carbocycles. The van der Waals surface area contributed by atoms with E-state index in [-0.39, 0.29) is 5.78 Å². The molecule has 0 bridgehead atoms. The number of dihydropyridines is 1. The molecule has 0 fully saturated rings. The maximum Gasteiger partial charge on any atom is 0.164 e. The minimum atomic E-state index is 0.221. The van der Waals surface area contributed by atoms with Crippen LogP contribution in [0.25, 0.3) is 10.9 Å². The number of ketones is 1. The zero-order valence-corrected chi connectivity index (χ0v) is 17.3. The van der Waals surface area contributed by atoms with Crippen LogP contribution in [-0.2, 0) is 11.2 Å². The lowest BCUT2D eigenvalue weighted by atomic mass is 9.93. The number of hydrogen-bond donors (Lipinski definition) is 1. The fourth-order valence-electron chi connectivity index (χ4n) is 4.25. The quantitative estimate of drug-likeness (QED) is 0.508. The maximum atomic E-state index is 12.9. The standard InChI is InChI=1S/C26H28N2O/c1-18-10-8-14-22-21(19(2)28-25(18)22)13-6-7-16-24(29)23-15-9-17-27-26(23)20-11-4-3-5-12-20/h3-5,8,10-12,14-15,28H,6-7,9,13,16-17H2,1-2H3. The van der Waals surface area contributed by atoms with Crippen LogP contribution < -0.4 is 0 Å². The van der Waals surface area contributed by atoms with Gasteiger partial charge in [-0.05, 0) is 50.7 Å². The molecule has 1 aliphatic heterocycles. The van der Waals surface area contributed by atoms with Gasteiger partial charge >= 0.3 is 0 Å². The molecule has 0 saturated heterocycles. The molecule has 3 heteroatoms. The number of nitrogens with one attached hydrogen (secondary N) is 1. The van der Waals surface area contributed by atoms with Crippen molar-refractivity contribution >= 4 is 22.4 Å². The molecule has 0 saturated carbocycles. The Kier molecular flexibility index (Phi) is 5.75. The molecule has 1 aliphatic rings. The number of para-hydroxylation sites is 1. The van der Waals surface area contributed by atoms with Crippen LogP contribution in [0.2, 0.25) is 0 Å². The van der Waals surface area contributed by atoms with E-state index in [4.69, 9.17) is 0 Å². The lowest BCUT2D eigenvalue weighted by molar-refractivity contribution is -0.115. The van der Waals surface area contributed by atoms with Crippen LogP contribution in [0.15, 0.2) is 65.2 Å². The molecule has 148 valence electrons. The number of aromatic amines is 1. The van der Waals surface area contributed by atoms with Gasteiger partial charge in [-0.2, -0.15) is 0 Å². The highest BCUT2D eigenvalue weighted by Crippen LogP contribution is 2.26. The Hall–Kier alpha value is -2.94. The van der Waals surface area contributed by atoms with Gasteiger partial charge in [0.2, 0.25) is 0 Å². The second kappa shape index (κ2) is 8.60. The van der Waals surface area contributed by atoms with Gasteiger partial charge in [-0.3, -0.25) is 9.79 Å². The number of hydrogen-bond acceptors (Lipinski definition) is 2. The van der Waals surface area contributed by atoms with E-state index < -0.39 is 0 Å². The summed E-state index contributed by atoms with van der Waals surface area (Å²) in [7, 11) is 0. The summed E-state index contributed by atoms with van der Waals surface area (Å²) in [6.45, 7) is 5.06. The van der Waals surface area contributed by atoms with Gasteiger partial charge in [0.15, 0.2) is 5.78 Å². The minimum absolute atomic E-state index is 0.221. The van der Waals surface area contributed by atoms with E-state index in [9.17, 15) is 4.79 Å². The van der Waals surface area contributed by atoms with E-state index in [2.05, 4.69) is 48.1 Å². The topological polar surface area (TPSA) is 45.2 Å². The van der Waals surface area contributed by atoms with Crippen molar-refractivity contribution in [2.45, 2.75) is 46.0 Å². The largest absolute Gasteiger partial charge is 0.358 e. The van der Waals surface area contributed by atoms with Crippen LogP contribution in [-0.4, -0.2) is 23.0 Å². The predicted molar refractivity (Wildman–Crippen MR) is 121 cm³/mol. The third kappa shape index (κ3) is 4.09. The molecule has 1 aromatic heterocycles. The van der Waals surface area contributed by atoms with Crippen LogP contribution >= 0.6 is 0 Å². The number of Topliss-reactive ketones (excluding diaryl/α,β-unsaturated/α-hetero) is 1. The van der Waals surface area contributed by atoms with Gasteiger partial charge < -0.3 is 4.98 Å². The summed E-state index contributed by atoms with van der Waals surface area (Å²) < 4.78 is 0. The Morgan fingerprint density at radius 3 is 2.69 bits per heavy atom. The SMILES string of the molecule is Cc1[nH]c2c(C)cccc2c1CCCCC(=O)C1=CCCN=C1c1ccccc1. The Balaban J connectivity index is 1.38. The summed E-state index contributed by atoms with van der Waals surface area (Å²) in [6, 6.07) is 16.5. The summed E-state index contributed by atoms with van der Waals surface area (Å²) in [6.07, 6.45) is 6.42. The molecule has 2 aromatic carbocycles. The molecule has 0 spiro atoms. The summed E-state index contributed by atoms with van der Waals surface area (Å²) in [4.78, 5) is 21.1. The summed E-state index contributed by atoms with van der Waals surface area (Å²) in [5, 5.41) is 1.32. The fourth-order valence-corrected chi connectivity index (χ4v) is 4.25. The first-order valence-corrected chi connectivity index (χ1v) is 10.6. The number of benzene rings is 2. The fraction of sp³-hybridized carbons (Fsp3) is 0.308. The van der Waals surface area contributed by atoms with E-state index in [1.807, 2.05) is 30.3 Å². The number of fused-ring (bicyclic) bond motifs is 1. The van der Waals surface area contributed by atoms with Gasteiger partial charge in [0.05, 0.1) is 5.71 Å². The van der Waals surface area contributed by atoms with E-state index in [0.717, 1.165) is 49.1 Å². The summed E-state index contributed by atoms with van der Waals surface area (Å²) >= 11 is 0. The second-order valence-electron chi connectivity index (χ2n) is 7.86. The highest BCUT2D eigenvalue weighted by molar-refractivity contribution is 6.28. The molecule has 0 unspecified atom stereocenters. The lowest BCUT2D eigenvalue weighted by Gasteiger charge is -2.15. The average Bonchev–Trinajstić information content (AvgIpc) is 3.08. The number of allylic oxidation sites excluding steroid dienone is 1. The van der Waals surface area contributed by atoms with Gasteiger partial charge in [-0.15, -0.1) is 0 Å². The zero-order valence-electron chi connectivity index (χ0n) is 17.3. The molecule has 0 amide bonds. The molecule has 3 nitrogen and oxygen atoms in total. The number of carbonyl (C=O) groups is 1. The zero-order chi connectivity index (χ0) is 20.2. The smallest absolute Gasteiger partial charge is 0.164 e. The normalized spacial score (nSPS) is 14.0. The van der Waals surface area contributed by atoms with Gasteiger partial charge in [0.1, 0.15) is 0 Å². The number of aliphatic imine (C=N–C) groups is 1. The number of H-pyrrole nitrogens is 1. The maximum absolute atomic E-state index is 12.9. The first kappa shape index (κ1) is 19.4. The van der Waals surface area contributed by atoms with E-state index in [0.29, 0.717) is 6.42 Å². The molecule has 0 radical (unpaired) electrons. The number of rotatable bonds is 7. The van der Waals surface area contributed by atoms with Gasteiger partial charge in [-0.25, -0.2) is 0 Å². The van der Waals surface area contributed by atoms with E-state index in [1.54, 1.807) is 0 Å². The highest BCUT2D eigenvalue weighted by Gasteiger charge is 2.19. The number of unbranched alkanes of at least 4 members (excludes halogenated alkanes) is 1. The molecule has 29 heavy (non-hydrogen) atoms. The van der Waals surface area contributed by atoms with Crippen molar-refractivity contribution in [2.24, 2.45) is 4.99 Å². The lowest BCUT2D eigenvalue weighted by Crippen LogP contribution is -2.18. The molecule has 3 aromatic rings. The van der Waals surface area contributed by atoms with Crippen LogP contribution in [0.5, 0.6) is 0 Å². The Morgan fingerprint density at radius 2 is 1.86 bits per heavy atom. The van der Waals surface area contributed by atoms with Crippen LogP contribution in [0.4, 0.5) is 0 Å². The highest BCUT2D eigenvalue weighted by atomic mass is 16.1. The predicted octanol–water partition coefficient (Wildman–Crippen LogP) is 5.89. The van der Waals surface area contributed by atoms with Crippen molar-refractivity contribution in [2.75, 3.05) is 6.54 Å². The number of carbonyl (C=O) groups excluding carboxylic acids is 1. The van der Waals surface area contributed by atoms with Crippen molar-refractivity contribution in [3.05, 3.63) is 82.6 Å². The molecule has 2 heterocycles. The molecular formula is C26H28N2O. The molecule has 4 rings (SSSR count). The number of aromatic nitrogens is 1. The van der Waals surface area contributed by atoms with Crippen molar-refractivity contribution in [3.8, 4) is 0 Å². The third-order valence-corrected chi connectivity index (χ3v) is 5.79. The summed E-state index contributed by atoms with van der Waals surface area (Å²) in [5.74, 6) is 0.221. The third-order valence-electron chi connectivity index (χ3n) is 5.79. The van der Waals surface area contributed by atoms with Crippen molar-refractivity contribution in [3.63, 3.8) is 0 Å². The Morgan fingerprint density at radius 1 is 1.03 bits per heavy atom. The summed E-state index contributed by atoms with van der Waals surface area (Å²) in [5.41, 5.74) is 7.87. The van der Waals surface area contributed by atoms with E-state index >= 15 is 0 Å². The number of nitrogens with zero attached hydrogens (tertiary/aromatic N) is 1. The van der Waals surface area contributed by atoms with Gasteiger partial charge in [0, 0.05) is 40.7 Å². The monoisotopic (exact) mass is 384 g/mol. The first-order chi connectivity index (χ1) is 14.1. The second-order valence-corrected chi connectivity index (χ2v) is 7.86. The minimum Gasteiger partial charge on any atom is -0.358 e. The van der Waals surface area contributed by atoms with Crippen LogP contribution in [0.3, 0.4) is 0 Å². The van der Waals surface area contributed by atoms with Gasteiger partial charge in [0.25, 0.3) is 0 Å². The molecular weight excluding hydrogens is 356 g/mol. The first-order valence-electron chi connectivity index (χ1n) is 10.6.